The van der Waals surface area contributed by atoms with E-state index in [1.54, 1.807) is 0 Å². The second-order valence-electron chi connectivity index (χ2n) is 4.45. The van der Waals surface area contributed by atoms with Crippen LogP contribution < -0.4 is 5.73 Å². The van der Waals surface area contributed by atoms with Gasteiger partial charge in [0.2, 0.25) is 0 Å². The van der Waals surface area contributed by atoms with Crippen LogP contribution in [0.5, 0.6) is 0 Å². The number of anilines is 1. The van der Waals surface area contributed by atoms with Crippen LogP contribution in [0.25, 0.3) is 0 Å². The molecule has 0 unspecified atom stereocenters. The van der Waals surface area contributed by atoms with E-state index in [1.165, 1.54) is 22.9 Å². The van der Waals surface area contributed by atoms with Crippen molar-refractivity contribution in [1.29, 1.82) is 5.26 Å². The minimum atomic E-state index is 0.269. The molecule has 0 aliphatic carbocycles. The maximum Gasteiger partial charge on any atom is 0.190 e. The smallest absolute Gasteiger partial charge is 0.190 e. The summed E-state index contributed by atoms with van der Waals surface area (Å²) in [5, 5.41) is 9.66. The summed E-state index contributed by atoms with van der Waals surface area (Å²) < 4.78 is 0. The van der Waals surface area contributed by atoms with Gasteiger partial charge in [-0.05, 0) is 18.9 Å². The van der Waals surface area contributed by atoms with E-state index in [1.807, 2.05) is 6.92 Å². The molecular weight excluding hydrogens is 268 g/mol. The zero-order chi connectivity index (χ0) is 14.5. The number of rotatable bonds is 4. The van der Waals surface area contributed by atoms with E-state index in [9.17, 15) is 0 Å². The van der Waals surface area contributed by atoms with Gasteiger partial charge >= 0.3 is 0 Å². The van der Waals surface area contributed by atoms with E-state index in [4.69, 9.17) is 11.0 Å². The number of aryl methyl sites for hydroxylation is 2. The van der Waals surface area contributed by atoms with Crippen molar-refractivity contribution in [2.24, 2.45) is 0 Å². The van der Waals surface area contributed by atoms with Crippen molar-refractivity contribution in [1.82, 2.24) is 9.97 Å². The number of nitriles is 1. The molecule has 0 saturated heterocycles. The SMILES string of the molecule is CCc1nc(SCc2ccc(C)cc2)nc(N)c1C#N. The van der Waals surface area contributed by atoms with Crippen molar-refractivity contribution in [3.8, 4) is 6.07 Å². The number of nitrogen functional groups attached to an aromatic ring is 1. The van der Waals surface area contributed by atoms with Crippen LogP contribution in [0.3, 0.4) is 0 Å². The Hall–Kier alpha value is -2.06. The molecule has 0 radical (unpaired) electrons. The van der Waals surface area contributed by atoms with Crippen molar-refractivity contribution >= 4 is 17.6 Å². The lowest BCUT2D eigenvalue weighted by Crippen LogP contribution is -2.04. The van der Waals surface area contributed by atoms with Crippen molar-refractivity contribution in [3.63, 3.8) is 0 Å². The highest BCUT2D eigenvalue weighted by atomic mass is 32.2. The highest BCUT2D eigenvalue weighted by Crippen LogP contribution is 2.23. The van der Waals surface area contributed by atoms with E-state index in [0.717, 1.165) is 5.75 Å². The van der Waals surface area contributed by atoms with Crippen LogP contribution in [0.2, 0.25) is 0 Å². The number of hydrogen-bond donors (Lipinski definition) is 1. The second kappa shape index (κ2) is 6.40. The molecule has 4 nitrogen and oxygen atoms in total. The van der Waals surface area contributed by atoms with Gasteiger partial charge in [-0.15, -0.1) is 0 Å². The zero-order valence-corrected chi connectivity index (χ0v) is 12.4. The van der Waals surface area contributed by atoms with Crippen LogP contribution >= 0.6 is 11.8 Å². The molecule has 0 aliphatic heterocycles. The normalized spacial score (nSPS) is 10.2. The number of nitrogens with zero attached hydrogens (tertiary/aromatic N) is 3. The fraction of sp³-hybridized carbons (Fsp3) is 0.267. The van der Waals surface area contributed by atoms with Crippen molar-refractivity contribution in [2.75, 3.05) is 5.73 Å². The molecule has 2 aromatic rings. The van der Waals surface area contributed by atoms with Gasteiger partial charge in [0.05, 0.1) is 5.69 Å². The summed E-state index contributed by atoms with van der Waals surface area (Å²) in [6, 6.07) is 10.4. The van der Waals surface area contributed by atoms with Crippen LogP contribution in [0.15, 0.2) is 29.4 Å². The predicted molar refractivity (Wildman–Crippen MR) is 81.3 cm³/mol. The third kappa shape index (κ3) is 3.28. The Kier molecular flexibility index (Phi) is 4.59. The molecule has 2 rings (SSSR count). The lowest BCUT2D eigenvalue weighted by Gasteiger charge is -2.07. The molecule has 20 heavy (non-hydrogen) atoms. The Balaban J connectivity index is 2.16. The minimum absolute atomic E-state index is 0.269. The number of aromatic nitrogens is 2. The van der Waals surface area contributed by atoms with Crippen molar-refractivity contribution < 1.29 is 0 Å². The molecule has 5 heteroatoms. The monoisotopic (exact) mass is 284 g/mol. The Labute approximate surface area is 123 Å². The van der Waals surface area contributed by atoms with Crippen LogP contribution in [0.4, 0.5) is 5.82 Å². The topological polar surface area (TPSA) is 75.6 Å². The van der Waals surface area contributed by atoms with E-state index in [0.29, 0.717) is 22.8 Å². The number of nitrogens with two attached hydrogens (primary N) is 1. The molecule has 1 aromatic heterocycles. The lowest BCUT2D eigenvalue weighted by molar-refractivity contribution is 0.888. The number of benzene rings is 1. The van der Waals surface area contributed by atoms with E-state index < -0.39 is 0 Å². The predicted octanol–water partition coefficient (Wildman–Crippen LogP) is 3.09. The number of thioether (sulfide) groups is 1. The summed E-state index contributed by atoms with van der Waals surface area (Å²) in [5.41, 5.74) is 9.37. The van der Waals surface area contributed by atoms with Gasteiger partial charge in [0.1, 0.15) is 17.5 Å². The molecule has 102 valence electrons. The Morgan fingerprint density at radius 3 is 2.55 bits per heavy atom. The summed E-state index contributed by atoms with van der Waals surface area (Å²) in [5.74, 6) is 1.06. The maximum absolute atomic E-state index is 9.04. The van der Waals surface area contributed by atoms with Gasteiger partial charge in [0.25, 0.3) is 0 Å². The first-order valence-corrected chi connectivity index (χ1v) is 7.37. The summed E-state index contributed by atoms with van der Waals surface area (Å²) >= 11 is 1.53. The Morgan fingerprint density at radius 2 is 1.95 bits per heavy atom. The molecule has 1 heterocycles. The first-order valence-electron chi connectivity index (χ1n) is 6.39. The molecular formula is C15H16N4S. The minimum Gasteiger partial charge on any atom is -0.382 e. The summed E-state index contributed by atoms with van der Waals surface area (Å²) in [4.78, 5) is 8.60. The molecule has 0 amide bonds. The lowest BCUT2D eigenvalue weighted by atomic mass is 10.2. The number of hydrogen-bond acceptors (Lipinski definition) is 5. The molecule has 0 bridgehead atoms. The van der Waals surface area contributed by atoms with Gasteiger partial charge < -0.3 is 5.73 Å². The molecule has 0 atom stereocenters. The van der Waals surface area contributed by atoms with Crippen LogP contribution in [0, 0.1) is 18.3 Å². The molecule has 0 aliphatic rings. The third-order valence-corrected chi connectivity index (χ3v) is 3.85. The van der Waals surface area contributed by atoms with Gasteiger partial charge in [0.15, 0.2) is 5.16 Å². The van der Waals surface area contributed by atoms with Gasteiger partial charge in [-0.2, -0.15) is 5.26 Å². The largest absolute Gasteiger partial charge is 0.382 e. The third-order valence-electron chi connectivity index (χ3n) is 2.93. The average molecular weight is 284 g/mol. The maximum atomic E-state index is 9.04. The molecule has 2 N–H and O–H groups in total. The van der Waals surface area contributed by atoms with Crippen LogP contribution in [-0.4, -0.2) is 9.97 Å². The van der Waals surface area contributed by atoms with E-state index >= 15 is 0 Å². The van der Waals surface area contributed by atoms with E-state index in [-0.39, 0.29) is 5.82 Å². The standard InChI is InChI=1S/C15H16N4S/c1-3-13-12(8-16)14(17)19-15(18-13)20-9-11-6-4-10(2)5-7-11/h4-7H,3,9H2,1-2H3,(H2,17,18,19). The molecule has 1 aromatic carbocycles. The van der Waals surface area contributed by atoms with Gasteiger partial charge in [0, 0.05) is 5.75 Å². The summed E-state index contributed by atoms with van der Waals surface area (Å²) in [6.07, 6.45) is 0.674. The van der Waals surface area contributed by atoms with Crippen LogP contribution in [-0.2, 0) is 12.2 Å². The summed E-state index contributed by atoms with van der Waals surface area (Å²) in [7, 11) is 0. The van der Waals surface area contributed by atoms with Gasteiger partial charge in [-0.1, -0.05) is 48.5 Å². The van der Waals surface area contributed by atoms with Gasteiger partial charge in [-0.25, -0.2) is 9.97 Å². The van der Waals surface area contributed by atoms with Crippen molar-refractivity contribution in [2.45, 2.75) is 31.2 Å². The highest BCUT2D eigenvalue weighted by molar-refractivity contribution is 7.98. The average Bonchev–Trinajstić information content (AvgIpc) is 2.46. The fourth-order valence-corrected chi connectivity index (χ4v) is 2.60. The molecule has 0 saturated carbocycles. The summed E-state index contributed by atoms with van der Waals surface area (Å²) in [6.45, 7) is 4.02. The first-order chi connectivity index (χ1) is 9.63. The Bertz CT molecular complexity index is 644. The Morgan fingerprint density at radius 1 is 1.25 bits per heavy atom. The van der Waals surface area contributed by atoms with E-state index in [2.05, 4.69) is 47.2 Å². The van der Waals surface area contributed by atoms with Crippen molar-refractivity contribution in [3.05, 3.63) is 46.6 Å². The highest BCUT2D eigenvalue weighted by Gasteiger charge is 2.11. The molecule has 0 fully saturated rings. The fourth-order valence-electron chi connectivity index (χ4n) is 1.78. The van der Waals surface area contributed by atoms with Gasteiger partial charge in [-0.3, -0.25) is 0 Å². The quantitative estimate of drug-likeness (QED) is 0.689. The zero-order valence-electron chi connectivity index (χ0n) is 11.6. The molecule has 0 spiro atoms. The second-order valence-corrected chi connectivity index (χ2v) is 5.40. The van der Waals surface area contributed by atoms with Crippen LogP contribution in [0.1, 0.15) is 29.3 Å². The first kappa shape index (κ1) is 14.4.